The first kappa shape index (κ1) is 11.4. The molecule has 1 aliphatic rings. The Balaban J connectivity index is 2.23. The van der Waals surface area contributed by atoms with E-state index >= 15 is 0 Å². The highest BCUT2D eigenvalue weighted by atomic mass is 19.1. The molecule has 4 nitrogen and oxygen atoms in total. The van der Waals surface area contributed by atoms with E-state index in [1.807, 2.05) is 0 Å². The summed E-state index contributed by atoms with van der Waals surface area (Å²) in [6.07, 6.45) is 1.43. The lowest BCUT2D eigenvalue weighted by Crippen LogP contribution is -2.09. The molecule has 0 radical (unpaired) electrons. The second kappa shape index (κ2) is 4.86. The number of halogens is 1. The van der Waals surface area contributed by atoms with Crippen LogP contribution in [-0.2, 0) is 4.79 Å². The van der Waals surface area contributed by atoms with Gasteiger partial charge in [0.25, 0.3) is 0 Å². The molecule has 1 N–H and O–H groups in total. The topological polar surface area (TPSA) is 62.0 Å². The Morgan fingerprint density at radius 3 is 2.76 bits per heavy atom. The van der Waals surface area contributed by atoms with Gasteiger partial charge in [0.2, 0.25) is 0 Å². The van der Waals surface area contributed by atoms with E-state index < -0.39 is 5.82 Å². The Hall–Kier alpha value is -2.04. The van der Waals surface area contributed by atoms with E-state index in [4.69, 9.17) is 0 Å². The maximum Gasteiger partial charge on any atom is 0.186 e. The molecule has 0 aromatic heterocycles. The molecule has 0 aliphatic heterocycles. The molecule has 0 unspecified atom stereocenters. The summed E-state index contributed by atoms with van der Waals surface area (Å²) in [4.78, 5) is 11.4. The number of hydrogen-bond donors (Lipinski definition) is 1. The SMILES string of the molecule is O=C1CCCC(O)=C1N=Nc1cccc(F)c1. The normalized spacial score (nSPS) is 16.9. The molecule has 0 heterocycles. The molecule has 0 bridgehead atoms. The van der Waals surface area contributed by atoms with Gasteiger partial charge < -0.3 is 5.11 Å². The number of benzene rings is 1. The summed E-state index contributed by atoms with van der Waals surface area (Å²) in [5, 5.41) is 16.9. The number of Topliss-reactive ketones (excluding diaryl/α,β-unsaturated/α-hetero) is 1. The predicted octanol–water partition coefficient (Wildman–Crippen LogP) is 3.43. The Kier molecular flexibility index (Phi) is 3.27. The smallest absolute Gasteiger partial charge is 0.186 e. The van der Waals surface area contributed by atoms with Gasteiger partial charge in [0.05, 0.1) is 5.69 Å². The Bertz CT molecular complexity index is 509. The van der Waals surface area contributed by atoms with Crippen molar-refractivity contribution in [2.45, 2.75) is 19.3 Å². The van der Waals surface area contributed by atoms with Gasteiger partial charge in [-0.15, -0.1) is 5.11 Å². The van der Waals surface area contributed by atoms with Crippen LogP contribution in [0.5, 0.6) is 0 Å². The van der Waals surface area contributed by atoms with E-state index in [0.717, 1.165) is 0 Å². The lowest BCUT2D eigenvalue weighted by atomic mass is 10.0. The number of nitrogens with zero attached hydrogens (tertiary/aromatic N) is 2. The van der Waals surface area contributed by atoms with Gasteiger partial charge in [-0.2, -0.15) is 5.11 Å². The third-order valence-electron chi connectivity index (χ3n) is 2.43. The van der Waals surface area contributed by atoms with Gasteiger partial charge in [-0.25, -0.2) is 4.39 Å². The standard InChI is InChI=1S/C12H11FN2O2/c13-8-3-1-4-9(7-8)14-15-12-10(16)5-2-6-11(12)17/h1,3-4,7,16H,2,5-6H2. The summed E-state index contributed by atoms with van der Waals surface area (Å²) >= 11 is 0. The van der Waals surface area contributed by atoms with E-state index in [1.165, 1.54) is 18.2 Å². The van der Waals surface area contributed by atoms with Crippen LogP contribution in [-0.4, -0.2) is 10.9 Å². The van der Waals surface area contributed by atoms with E-state index in [0.29, 0.717) is 24.9 Å². The fraction of sp³-hybridized carbons (Fsp3) is 0.250. The van der Waals surface area contributed by atoms with Crippen molar-refractivity contribution in [1.29, 1.82) is 0 Å². The summed E-state index contributed by atoms with van der Waals surface area (Å²) in [5.74, 6) is -0.690. The minimum atomic E-state index is -0.422. The quantitative estimate of drug-likeness (QED) is 0.797. The number of rotatable bonds is 2. The first-order valence-electron chi connectivity index (χ1n) is 5.29. The third-order valence-corrected chi connectivity index (χ3v) is 2.43. The van der Waals surface area contributed by atoms with Crippen molar-refractivity contribution in [2.24, 2.45) is 10.2 Å². The van der Waals surface area contributed by atoms with Gasteiger partial charge >= 0.3 is 0 Å². The van der Waals surface area contributed by atoms with Crippen LogP contribution in [0.25, 0.3) is 0 Å². The van der Waals surface area contributed by atoms with E-state index in [2.05, 4.69) is 10.2 Å². The van der Waals surface area contributed by atoms with Gasteiger partial charge in [0, 0.05) is 18.9 Å². The highest BCUT2D eigenvalue weighted by Crippen LogP contribution is 2.23. The molecule has 5 heteroatoms. The average Bonchev–Trinajstić information content (AvgIpc) is 2.28. The van der Waals surface area contributed by atoms with Crippen molar-refractivity contribution >= 4 is 11.5 Å². The molecule has 17 heavy (non-hydrogen) atoms. The van der Waals surface area contributed by atoms with Crippen LogP contribution in [0.1, 0.15) is 19.3 Å². The molecule has 0 saturated heterocycles. The minimum Gasteiger partial charge on any atom is -0.510 e. The van der Waals surface area contributed by atoms with Crippen LogP contribution in [0.2, 0.25) is 0 Å². The van der Waals surface area contributed by atoms with Crippen molar-refractivity contribution in [3.63, 3.8) is 0 Å². The summed E-state index contributed by atoms with van der Waals surface area (Å²) < 4.78 is 12.9. The summed E-state index contributed by atoms with van der Waals surface area (Å²) in [6, 6.07) is 5.56. The molecular weight excluding hydrogens is 223 g/mol. The summed E-state index contributed by atoms with van der Waals surface area (Å²) in [6.45, 7) is 0. The molecule has 2 rings (SSSR count). The average molecular weight is 234 g/mol. The summed E-state index contributed by atoms with van der Waals surface area (Å²) in [5.41, 5.74) is 0.296. The number of azo groups is 1. The molecule has 88 valence electrons. The molecule has 1 aromatic rings. The van der Waals surface area contributed by atoms with E-state index in [1.54, 1.807) is 6.07 Å². The number of hydrogen-bond acceptors (Lipinski definition) is 4. The Labute approximate surface area is 97.5 Å². The lowest BCUT2D eigenvalue weighted by molar-refractivity contribution is -0.116. The highest BCUT2D eigenvalue weighted by Gasteiger charge is 2.19. The summed E-state index contributed by atoms with van der Waals surface area (Å²) in [7, 11) is 0. The second-order valence-electron chi connectivity index (χ2n) is 3.75. The molecule has 0 atom stereocenters. The van der Waals surface area contributed by atoms with Crippen molar-refractivity contribution in [3.05, 3.63) is 41.5 Å². The maximum absolute atomic E-state index is 12.9. The number of allylic oxidation sites excluding steroid dienone is 2. The molecule has 1 aromatic carbocycles. The van der Waals surface area contributed by atoms with Crippen LogP contribution in [0.4, 0.5) is 10.1 Å². The van der Waals surface area contributed by atoms with Crippen molar-refractivity contribution in [3.8, 4) is 0 Å². The maximum atomic E-state index is 12.9. The second-order valence-corrected chi connectivity index (χ2v) is 3.75. The van der Waals surface area contributed by atoms with Crippen molar-refractivity contribution in [2.75, 3.05) is 0 Å². The highest BCUT2D eigenvalue weighted by molar-refractivity contribution is 5.96. The van der Waals surface area contributed by atoms with Gasteiger partial charge in [0.15, 0.2) is 11.5 Å². The molecule has 1 aliphatic carbocycles. The van der Waals surface area contributed by atoms with Gasteiger partial charge in [0.1, 0.15) is 11.6 Å². The lowest BCUT2D eigenvalue weighted by Gasteiger charge is -2.09. The van der Waals surface area contributed by atoms with Crippen LogP contribution in [0.15, 0.2) is 46.0 Å². The van der Waals surface area contributed by atoms with Gasteiger partial charge in [-0.05, 0) is 18.6 Å². The molecule has 0 saturated carbocycles. The Morgan fingerprint density at radius 2 is 2.06 bits per heavy atom. The largest absolute Gasteiger partial charge is 0.510 e. The van der Waals surface area contributed by atoms with Crippen LogP contribution in [0, 0.1) is 5.82 Å². The van der Waals surface area contributed by atoms with E-state index in [9.17, 15) is 14.3 Å². The molecular formula is C12H11FN2O2. The van der Waals surface area contributed by atoms with Crippen molar-refractivity contribution in [1.82, 2.24) is 0 Å². The zero-order valence-corrected chi connectivity index (χ0v) is 9.06. The predicted molar refractivity (Wildman–Crippen MR) is 59.4 cm³/mol. The third kappa shape index (κ3) is 2.75. The van der Waals surface area contributed by atoms with Gasteiger partial charge in [-0.1, -0.05) is 6.07 Å². The number of carbonyl (C=O) groups is 1. The monoisotopic (exact) mass is 234 g/mol. The molecule has 0 fully saturated rings. The zero-order valence-electron chi connectivity index (χ0n) is 9.06. The number of carbonyl (C=O) groups excluding carboxylic acids is 1. The zero-order chi connectivity index (χ0) is 12.3. The molecule has 0 spiro atoms. The number of aliphatic hydroxyl groups excluding tert-OH is 1. The van der Waals surface area contributed by atoms with Crippen molar-refractivity contribution < 1.29 is 14.3 Å². The first-order chi connectivity index (χ1) is 8.16. The fourth-order valence-corrected chi connectivity index (χ4v) is 1.57. The Morgan fingerprint density at radius 1 is 1.24 bits per heavy atom. The van der Waals surface area contributed by atoms with Gasteiger partial charge in [-0.3, -0.25) is 4.79 Å². The van der Waals surface area contributed by atoms with Crippen LogP contribution < -0.4 is 0 Å². The van der Waals surface area contributed by atoms with Crippen LogP contribution in [0.3, 0.4) is 0 Å². The first-order valence-corrected chi connectivity index (χ1v) is 5.29. The number of ketones is 1. The minimum absolute atomic E-state index is 0.0134. The number of aliphatic hydroxyl groups is 1. The fourth-order valence-electron chi connectivity index (χ4n) is 1.57. The van der Waals surface area contributed by atoms with E-state index in [-0.39, 0.29) is 17.2 Å². The molecule has 0 amide bonds. The van der Waals surface area contributed by atoms with Crippen LogP contribution >= 0.6 is 0 Å².